The minimum absolute atomic E-state index is 0.0211. The van der Waals surface area contributed by atoms with E-state index in [4.69, 9.17) is 0 Å². The summed E-state index contributed by atoms with van der Waals surface area (Å²) in [6.07, 6.45) is 0. The molecule has 3 nitrogen and oxygen atoms in total. The third-order valence-corrected chi connectivity index (χ3v) is 3.56. The van der Waals surface area contributed by atoms with Gasteiger partial charge in [-0.1, -0.05) is 18.2 Å². The van der Waals surface area contributed by atoms with E-state index in [1.165, 1.54) is 22.6 Å². The van der Waals surface area contributed by atoms with Gasteiger partial charge in [-0.05, 0) is 22.4 Å². The van der Waals surface area contributed by atoms with Crippen molar-refractivity contribution in [2.75, 3.05) is 13.1 Å². The Morgan fingerprint density at radius 1 is 1.29 bits per heavy atom. The van der Waals surface area contributed by atoms with E-state index in [9.17, 15) is 4.79 Å². The number of rotatable bonds is 5. The Kier molecular flexibility index (Phi) is 4.12. The van der Waals surface area contributed by atoms with Crippen LogP contribution in [0.5, 0.6) is 0 Å². The minimum atomic E-state index is 0.0211. The van der Waals surface area contributed by atoms with E-state index in [1.807, 2.05) is 0 Å². The molecule has 0 aliphatic carbocycles. The standard InChI is InChI=1S/C13H16N2OS/c1-10(16)15-7-6-14-8-11-9-17-13-5-3-2-4-12(11)13/h2-5,9,14H,6-8H2,1H3,(H,15,16). The maximum Gasteiger partial charge on any atom is 0.216 e. The van der Waals surface area contributed by atoms with Crippen molar-refractivity contribution in [3.63, 3.8) is 0 Å². The summed E-state index contributed by atoms with van der Waals surface area (Å²) in [4.78, 5) is 10.7. The molecule has 0 spiro atoms. The molecule has 1 heterocycles. The molecule has 2 N–H and O–H groups in total. The van der Waals surface area contributed by atoms with Crippen LogP contribution in [0.25, 0.3) is 10.1 Å². The zero-order valence-electron chi connectivity index (χ0n) is 9.82. The van der Waals surface area contributed by atoms with Crippen LogP contribution in [0.1, 0.15) is 12.5 Å². The van der Waals surface area contributed by atoms with Crippen LogP contribution in [0, 0.1) is 0 Å². The van der Waals surface area contributed by atoms with Gasteiger partial charge in [0.15, 0.2) is 0 Å². The molecule has 0 unspecified atom stereocenters. The summed E-state index contributed by atoms with van der Waals surface area (Å²) in [7, 11) is 0. The van der Waals surface area contributed by atoms with E-state index in [2.05, 4.69) is 40.3 Å². The van der Waals surface area contributed by atoms with Crippen LogP contribution >= 0.6 is 11.3 Å². The van der Waals surface area contributed by atoms with Gasteiger partial charge in [0.05, 0.1) is 0 Å². The Labute approximate surface area is 105 Å². The summed E-state index contributed by atoms with van der Waals surface area (Å²) in [6, 6.07) is 8.42. The van der Waals surface area contributed by atoms with E-state index < -0.39 is 0 Å². The van der Waals surface area contributed by atoms with Gasteiger partial charge in [0.25, 0.3) is 0 Å². The van der Waals surface area contributed by atoms with Crippen LogP contribution in [-0.4, -0.2) is 19.0 Å². The Morgan fingerprint density at radius 2 is 2.12 bits per heavy atom. The van der Waals surface area contributed by atoms with Crippen LogP contribution in [0.15, 0.2) is 29.6 Å². The number of hydrogen-bond acceptors (Lipinski definition) is 3. The first-order valence-corrected chi connectivity index (χ1v) is 6.55. The van der Waals surface area contributed by atoms with Crippen molar-refractivity contribution >= 4 is 27.3 Å². The number of thiophene rings is 1. The van der Waals surface area contributed by atoms with Gasteiger partial charge in [-0.3, -0.25) is 4.79 Å². The zero-order chi connectivity index (χ0) is 12.1. The lowest BCUT2D eigenvalue weighted by Crippen LogP contribution is -2.29. The van der Waals surface area contributed by atoms with E-state index in [0.717, 1.165) is 13.1 Å². The van der Waals surface area contributed by atoms with Gasteiger partial charge in [-0.25, -0.2) is 0 Å². The highest BCUT2D eigenvalue weighted by Gasteiger charge is 2.02. The Bertz CT molecular complexity index is 507. The molecule has 0 bridgehead atoms. The number of carbonyl (C=O) groups is 1. The van der Waals surface area contributed by atoms with Gasteiger partial charge in [-0.15, -0.1) is 11.3 Å². The van der Waals surface area contributed by atoms with Gasteiger partial charge in [0.1, 0.15) is 0 Å². The van der Waals surface area contributed by atoms with Gasteiger partial charge < -0.3 is 10.6 Å². The molecule has 0 saturated carbocycles. The van der Waals surface area contributed by atoms with E-state index in [1.54, 1.807) is 11.3 Å². The minimum Gasteiger partial charge on any atom is -0.355 e. The van der Waals surface area contributed by atoms with E-state index in [-0.39, 0.29) is 5.91 Å². The largest absolute Gasteiger partial charge is 0.355 e. The number of amides is 1. The average Bonchev–Trinajstić information content (AvgIpc) is 2.72. The second kappa shape index (κ2) is 5.80. The fraction of sp³-hybridized carbons (Fsp3) is 0.308. The highest BCUT2D eigenvalue weighted by atomic mass is 32.1. The van der Waals surface area contributed by atoms with Crippen molar-refractivity contribution in [1.29, 1.82) is 0 Å². The average molecular weight is 248 g/mol. The first-order valence-electron chi connectivity index (χ1n) is 5.67. The van der Waals surface area contributed by atoms with Gasteiger partial charge in [-0.2, -0.15) is 0 Å². The molecule has 1 aromatic heterocycles. The van der Waals surface area contributed by atoms with Crippen LogP contribution < -0.4 is 10.6 Å². The normalized spacial score (nSPS) is 10.6. The third kappa shape index (κ3) is 3.28. The maximum atomic E-state index is 10.7. The molecule has 4 heteroatoms. The summed E-state index contributed by atoms with van der Waals surface area (Å²) in [5.41, 5.74) is 1.33. The van der Waals surface area contributed by atoms with Crippen LogP contribution in [0.3, 0.4) is 0 Å². The number of fused-ring (bicyclic) bond motifs is 1. The van der Waals surface area contributed by atoms with Gasteiger partial charge in [0, 0.05) is 31.3 Å². The first-order chi connectivity index (χ1) is 8.27. The number of benzene rings is 1. The lowest BCUT2D eigenvalue weighted by atomic mass is 10.2. The van der Waals surface area contributed by atoms with Crippen molar-refractivity contribution in [1.82, 2.24) is 10.6 Å². The van der Waals surface area contributed by atoms with E-state index in [0.29, 0.717) is 6.54 Å². The Balaban J connectivity index is 1.85. The smallest absolute Gasteiger partial charge is 0.216 e. The summed E-state index contributed by atoms with van der Waals surface area (Å²) in [5, 5.41) is 9.61. The predicted octanol–water partition coefficient (Wildman–Crippen LogP) is 2.13. The summed E-state index contributed by atoms with van der Waals surface area (Å²) in [5.74, 6) is 0.0211. The van der Waals surface area contributed by atoms with Crippen LogP contribution in [0.2, 0.25) is 0 Å². The zero-order valence-corrected chi connectivity index (χ0v) is 10.6. The molecule has 90 valence electrons. The molecule has 17 heavy (non-hydrogen) atoms. The first kappa shape index (κ1) is 12.1. The molecule has 2 aromatic rings. The molecule has 0 atom stereocenters. The molecular weight excluding hydrogens is 232 g/mol. The molecule has 0 aliphatic heterocycles. The van der Waals surface area contributed by atoms with Crippen molar-refractivity contribution in [3.05, 3.63) is 35.2 Å². The van der Waals surface area contributed by atoms with Crippen molar-refractivity contribution < 1.29 is 4.79 Å². The number of nitrogens with one attached hydrogen (secondary N) is 2. The van der Waals surface area contributed by atoms with Crippen LogP contribution in [0.4, 0.5) is 0 Å². The molecule has 0 aliphatic rings. The highest BCUT2D eigenvalue weighted by molar-refractivity contribution is 7.17. The molecular formula is C13H16N2OS. The highest BCUT2D eigenvalue weighted by Crippen LogP contribution is 2.25. The second-order valence-electron chi connectivity index (χ2n) is 3.92. The lowest BCUT2D eigenvalue weighted by molar-refractivity contribution is -0.118. The monoisotopic (exact) mass is 248 g/mol. The fourth-order valence-electron chi connectivity index (χ4n) is 1.72. The number of carbonyl (C=O) groups excluding carboxylic acids is 1. The van der Waals surface area contributed by atoms with E-state index >= 15 is 0 Å². The topological polar surface area (TPSA) is 41.1 Å². The summed E-state index contributed by atoms with van der Waals surface area (Å²) < 4.78 is 1.33. The molecule has 1 amide bonds. The fourth-order valence-corrected chi connectivity index (χ4v) is 2.68. The SMILES string of the molecule is CC(=O)NCCNCc1csc2ccccc12. The Hall–Kier alpha value is -1.39. The van der Waals surface area contributed by atoms with Crippen molar-refractivity contribution in [2.24, 2.45) is 0 Å². The molecule has 2 rings (SSSR count). The summed E-state index contributed by atoms with van der Waals surface area (Å²) in [6.45, 7) is 3.86. The molecule has 0 fully saturated rings. The third-order valence-electron chi connectivity index (χ3n) is 2.55. The lowest BCUT2D eigenvalue weighted by Gasteiger charge is -2.04. The summed E-state index contributed by atoms with van der Waals surface area (Å²) >= 11 is 1.77. The van der Waals surface area contributed by atoms with Crippen LogP contribution in [-0.2, 0) is 11.3 Å². The molecule has 0 saturated heterocycles. The number of hydrogen-bond donors (Lipinski definition) is 2. The Morgan fingerprint density at radius 3 is 2.94 bits per heavy atom. The predicted molar refractivity (Wildman–Crippen MR) is 72.2 cm³/mol. The molecule has 0 radical (unpaired) electrons. The van der Waals surface area contributed by atoms with Crippen molar-refractivity contribution in [3.8, 4) is 0 Å². The van der Waals surface area contributed by atoms with Crippen molar-refractivity contribution in [2.45, 2.75) is 13.5 Å². The van der Waals surface area contributed by atoms with Gasteiger partial charge >= 0.3 is 0 Å². The molecule has 1 aromatic carbocycles. The quantitative estimate of drug-likeness (QED) is 0.796. The van der Waals surface area contributed by atoms with Gasteiger partial charge in [0.2, 0.25) is 5.91 Å². The maximum absolute atomic E-state index is 10.7. The second-order valence-corrected chi connectivity index (χ2v) is 4.83.